The average Bonchev–Trinajstić information content (AvgIpc) is 3.17. The van der Waals surface area contributed by atoms with Crippen molar-refractivity contribution in [2.75, 3.05) is 5.32 Å². The fourth-order valence-corrected chi connectivity index (χ4v) is 3.21. The normalized spacial score (nSPS) is 10.8. The second-order valence-corrected chi connectivity index (χ2v) is 6.67. The van der Waals surface area contributed by atoms with Crippen LogP contribution in [0, 0.1) is 6.92 Å². The zero-order chi connectivity index (χ0) is 17.1. The van der Waals surface area contributed by atoms with E-state index in [1.54, 1.807) is 48.3 Å². The van der Waals surface area contributed by atoms with Crippen molar-refractivity contribution < 1.29 is 9.21 Å². The Morgan fingerprint density at radius 1 is 1.38 bits per heavy atom. The van der Waals surface area contributed by atoms with Crippen molar-refractivity contribution in [1.82, 2.24) is 9.55 Å². The molecule has 1 aromatic carbocycles. The van der Waals surface area contributed by atoms with E-state index in [2.05, 4.69) is 10.3 Å². The molecule has 0 fully saturated rings. The van der Waals surface area contributed by atoms with E-state index in [-0.39, 0.29) is 11.7 Å². The summed E-state index contributed by atoms with van der Waals surface area (Å²) >= 11 is 7.47. The number of furan rings is 1. The number of hydrogen-bond acceptors (Lipinski definition) is 4. The minimum absolute atomic E-state index is 0.278. The summed E-state index contributed by atoms with van der Waals surface area (Å²) in [5.41, 5.74) is 1.61. The van der Waals surface area contributed by atoms with Crippen molar-refractivity contribution in [1.29, 1.82) is 0 Å². The molecule has 2 heterocycles. The molecule has 3 aromatic rings. The summed E-state index contributed by atoms with van der Waals surface area (Å²) in [5, 5.41) is 4.36. The highest BCUT2D eigenvalue weighted by Gasteiger charge is 2.13. The first-order chi connectivity index (χ1) is 11.5. The number of imidazole rings is 1. The van der Waals surface area contributed by atoms with Crippen molar-refractivity contribution in [3.63, 3.8) is 0 Å². The van der Waals surface area contributed by atoms with E-state index in [1.165, 1.54) is 0 Å². The zero-order valence-electron chi connectivity index (χ0n) is 13.2. The third kappa shape index (κ3) is 3.83. The van der Waals surface area contributed by atoms with Gasteiger partial charge >= 0.3 is 0 Å². The van der Waals surface area contributed by atoms with E-state index in [1.807, 2.05) is 24.7 Å². The Morgan fingerprint density at radius 3 is 2.92 bits per heavy atom. The molecule has 0 aliphatic rings. The van der Waals surface area contributed by atoms with Gasteiger partial charge < -0.3 is 14.3 Å². The van der Waals surface area contributed by atoms with Crippen LogP contribution < -0.4 is 5.32 Å². The molecule has 2 aromatic heterocycles. The van der Waals surface area contributed by atoms with Gasteiger partial charge in [-0.3, -0.25) is 4.79 Å². The summed E-state index contributed by atoms with van der Waals surface area (Å²) in [7, 11) is 1.94. The minimum atomic E-state index is -0.284. The van der Waals surface area contributed by atoms with E-state index in [0.717, 1.165) is 16.5 Å². The molecule has 0 aliphatic heterocycles. The maximum Gasteiger partial charge on any atom is 0.291 e. The zero-order valence-corrected chi connectivity index (χ0v) is 14.8. The first-order valence-electron chi connectivity index (χ1n) is 7.29. The molecule has 3 rings (SSSR count). The molecule has 24 heavy (non-hydrogen) atoms. The number of benzene rings is 1. The number of carbonyl (C=O) groups is 1. The van der Waals surface area contributed by atoms with E-state index in [0.29, 0.717) is 16.5 Å². The summed E-state index contributed by atoms with van der Waals surface area (Å²) < 4.78 is 7.56. The number of anilines is 1. The lowest BCUT2D eigenvalue weighted by atomic mass is 10.2. The predicted octanol–water partition coefficient (Wildman–Crippen LogP) is 4.52. The Labute approximate surface area is 149 Å². The second-order valence-electron chi connectivity index (χ2n) is 5.29. The third-order valence-electron chi connectivity index (χ3n) is 3.44. The number of amides is 1. The number of nitrogens with one attached hydrogen (secondary N) is 1. The Kier molecular flexibility index (Phi) is 4.97. The van der Waals surface area contributed by atoms with E-state index < -0.39 is 0 Å². The number of hydrogen-bond donors (Lipinski definition) is 1. The van der Waals surface area contributed by atoms with Gasteiger partial charge in [-0.2, -0.15) is 0 Å². The summed E-state index contributed by atoms with van der Waals surface area (Å²) in [4.78, 5) is 16.5. The molecule has 0 atom stereocenters. The number of thioether (sulfide) groups is 1. The molecule has 0 aliphatic carbocycles. The molecule has 0 radical (unpaired) electrons. The summed E-state index contributed by atoms with van der Waals surface area (Å²) in [5.74, 6) is 1.33. The first kappa shape index (κ1) is 16.7. The van der Waals surface area contributed by atoms with Crippen molar-refractivity contribution in [2.45, 2.75) is 17.8 Å². The molecule has 0 unspecified atom stereocenters. The lowest BCUT2D eigenvalue weighted by Gasteiger charge is -2.07. The molecular weight excluding hydrogens is 346 g/mol. The maximum absolute atomic E-state index is 12.3. The van der Waals surface area contributed by atoms with Crippen molar-refractivity contribution >= 4 is 35.0 Å². The Bertz CT molecular complexity index is 872. The monoisotopic (exact) mass is 361 g/mol. The van der Waals surface area contributed by atoms with Gasteiger partial charge in [0.25, 0.3) is 5.91 Å². The molecule has 0 spiro atoms. The smallest absolute Gasteiger partial charge is 0.291 e. The number of aryl methyl sites for hydroxylation is 2. The molecule has 1 amide bonds. The van der Waals surface area contributed by atoms with E-state index >= 15 is 0 Å². The summed E-state index contributed by atoms with van der Waals surface area (Å²) in [6.45, 7) is 1.89. The van der Waals surface area contributed by atoms with Crippen LogP contribution in [0.25, 0.3) is 0 Å². The fourth-order valence-electron chi connectivity index (χ4n) is 2.16. The van der Waals surface area contributed by atoms with Crippen LogP contribution in [0.5, 0.6) is 0 Å². The fraction of sp³-hybridized carbons (Fsp3) is 0.176. The van der Waals surface area contributed by atoms with Crippen molar-refractivity contribution in [3.8, 4) is 0 Å². The van der Waals surface area contributed by atoms with Crippen LogP contribution in [-0.2, 0) is 12.8 Å². The van der Waals surface area contributed by atoms with E-state index in [9.17, 15) is 4.79 Å². The number of rotatable bonds is 5. The van der Waals surface area contributed by atoms with Gasteiger partial charge in [0.05, 0.1) is 5.75 Å². The predicted molar refractivity (Wildman–Crippen MR) is 95.6 cm³/mol. The summed E-state index contributed by atoms with van der Waals surface area (Å²) in [6, 6.07) is 8.79. The molecule has 0 saturated carbocycles. The largest absolute Gasteiger partial charge is 0.455 e. The number of aromatic nitrogens is 2. The van der Waals surface area contributed by atoms with Crippen LogP contribution in [0.4, 0.5) is 5.69 Å². The average molecular weight is 362 g/mol. The van der Waals surface area contributed by atoms with E-state index in [4.69, 9.17) is 16.0 Å². The Morgan fingerprint density at radius 2 is 2.21 bits per heavy atom. The van der Waals surface area contributed by atoms with Crippen LogP contribution >= 0.6 is 23.4 Å². The molecule has 7 heteroatoms. The van der Waals surface area contributed by atoms with Gasteiger partial charge in [0.2, 0.25) is 0 Å². The Hall–Kier alpha value is -2.18. The highest BCUT2D eigenvalue weighted by Crippen LogP contribution is 2.23. The lowest BCUT2D eigenvalue weighted by Crippen LogP contribution is -2.11. The van der Waals surface area contributed by atoms with Gasteiger partial charge in [0, 0.05) is 30.2 Å². The van der Waals surface area contributed by atoms with Crippen molar-refractivity contribution in [2.24, 2.45) is 7.05 Å². The molecule has 0 saturated heterocycles. The topological polar surface area (TPSA) is 60.1 Å². The molecular formula is C17H16ClN3O2S. The highest BCUT2D eigenvalue weighted by atomic mass is 35.5. The first-order valence-corrected chi connectivity index (χ1v) is 8.65. The minimum Gasteiger partial charge on any atom is -0.455 e. The number of carbonyl (C=O) groups excluding carboxylic acids is 1. The van der Waals surface area contributed by atoms with Gasteiger partial charge in [-0.05, 0) is 42.8 Å². The highest BCUT2D eigenvalue weighted by molar-refractivity contribution is 7.98. The lowest BCUT2D eigenvalue weighted by molar-refractivity contribution is 0.0995. The van der Waals surface area contributed by atoms with Gasteiger partial charge in [0.1, 0.15) is 5.76 Å². The molecule has 0 bridgehead atoms. The molecule has 1 N–H and O–H groups in total. The number of nitrogens with zero attached hydrogens (tertiary/aromatic N) is 2. The van der Waals surface area contributed by atoms with Gasteiger partial charge in [-0.1, -0.05) is 23.4 Å². The number of halogens is 1. The van der Waals surface area contributed by atoms with Gasteiger partial charge in [-0.15, -0.1) is 0 Å². The van der Waals surface area contributed by atoms with Crippen molar-refractivity contribution in [3.05, 3.63) is 64.8 Å². The quantitative estimate of drug-likeness (QED) is 0.679. The van der Waals surface area contributed by atoms with Crippen LogP contribution in [0.3, 0.4) is 0 Å². The SMILES string of the molecule is Cc1cc(Cl)ccc1NC(=O)c1ccc(CSc2nccn2C)o1. The van der Waals surface area contributed by atoms with Gasteiger partial charge in [0.15, 0.2) is 10.9 Å². The van der Waals surface area contributed by atoms with Crippen LogP contribution in [0.15, 0.2) is 52.3 Å². The Balaban J connectivity index is 1.64. The molecule has 5 nitrogen and oxygen atoms in total. The third-order valence-corrected chi connectivity index (χ3v) is 4.76. The maximum atomic E-state index is 12.3. The summed E-state index contributed by atoms with van der Waals surface area (Å²) in [6.07, 6.45) is 3.63. The van der Waals surface area contributed by atoms with Crippen LogP contribution in [0.1, 0.15) is 21.9 Å². The van der Waals surface area contributed by atoms with Crippen LogP contribution in [0.2, 0.25) is 5.02 Å². The standard InChI is InChI=1S/C17H16ClN3O2S/c1-11-9-12(18)3-5-14(11)20-16(22)15-6-4-13(23-15)10-24-17-19-7-8-21(17)2/h3-9H,10H2,1-2H3,(H,20,22). The van der Waals surface area contributed by atoms with Crippen LogP contribution in [-0.4, -0.2) is 15.5 Å². The van der Waals surface area contributed by atoms with Gasteiger partial charge in [-0.25, -0.2) is 4.98 Å². The molecule has 124 valence electrons. The second kappa shape index (κ2) is 7.15.